The summed E-state index contributed by atoms with van der Waals surface area (Å²) in [4.78, 5) is 20.0. The summed E-state index contributed by atoms with van der Waals surface area (Å²) in [5.41, 5.74) is 1.37. The van der Waals surface area contributed by atoms with Crippen LogP contribution in [0.2, 0.25) is 0 Å². The van der Waals surface area contributed by atoms with E-state index in [-0.39, 0.29) is 12.7 Å². The topological polar surface area (TPSA) is 63.7 Å². The molecule has 1 aromatic heterocycles. The van der Waals surface area contributed by atoms with E-state index in [1.54, 1.807) is 6.20 Å². The number of carbonyl (C=O) groups excluding carboxylic acids is 1. The van der Waals surface area contributed by atoms with Crippen molar-refractivity contribution in [1.29, 1.82) is 0 Å². The number of benzene rings is 1. The molecule has 136 valence electrons. The fraction of sp³-hybridized carbons (Fsp3) is 0.474. The average Bonchev–Trinajstić information content (AvgIpc) is 3.42. The van der Waals surface area contributed by atoms with Crippen LogP contribution in [-0.2, 0) is 0 Å². The Kier molecular flexibility index (Phi) is 3.86. The molecule has 5 rings (SSSR count). The first-order valence-electron chi connectivity index (χ1n) is 9.08. The van der Waals surface area contributed by atoms with Crippen molar-refractivity contribution in [1.82, 2.24) is 15.2 Å². The second-order valence-corrected chi connectivity index (χ2v) is 8.35. The molecular weight excluding hydrogens is 350 g/mol. The van der Waals surface area contributed by atoms with Crippen molar-refractivity contribution in [2.24, 2.45) is 5.41 Å². The van der Waals surface area contributed by atoms with E-state index >= 15 is 0 Å². The molecule has 26 heavy (non-hydrogen) atoms. The standard InChI is InChI=1S/C19H21N3O3S/c23-18(22-7-4-19(5-8-22)3-6-20-11-19)16-10-21-17(26-16)13-1-2-14-15(9-13)25-12-24-14/h1-2,9-10,20H,3-8,11-12H2. The number of carbonyl (C=O) groups is 1. The number of hydrogen-bond acceptors (Lipinski definition) is 6. The summed E-state index contributed by atoms with van der Waals surface area (Å²) in [6.07, 6.45) is 5.14. The predicted octanol–water partition coefficient (Wildman–Crippen LogP) is 2.75. The highest BCUT2D eigenvalue weighted by molar-refractivity contribution is 7.16. The normalized spacial score (nSPS) is 20.7. The number of likely N-dealkylation sites (tertiary alicyclic amines) is 1. The molecule has 0 saturated carbocycles. The highest BCUT2D eigenvalue weighted by Crippen LogP contribution is 2.39. The SMILES string of the molecule is O=C(c1cnc(-c2ccc3c(c2)OCO3)s1)N1CCC2(CCNC2)CC1. The van der Waals surface area contributed by atoms with Crippen molar-refractivity contribution in [2.75, 3.05) is 33.0 Å². The van der Waals surface area contributed by atoms with Crippen LogP contribution in [0.3, 0.4) is 0 Å². The summed E-state index contributed by atoms with van der Waals surface area (Å²) in [7, 11) is 0. The molecule has 1 amide bonds. The molecule has 2 aromatic rings. The first-order chi connectivity index (χ1) is 12.7. The van der Waals surface area contributed by atoms with Gasteiger partial charge in [-0.15, -0.1) is 11.3 Å². The number of hydrogen-bond donors (Lipinski definition) is 1. The number of piperidine rings is 1. The number of aromatic nitrogens is 1. The van der Waals surface area contributed by atoms with Crippen molar-refractivity contribution in [3.63, 3.8) is 0 Å². The van der Waals surface area contributed by atoms with E-state index in [2.05, 4.69) is 10.3 Å². The number of ether oxygens (including phenoxy) is 2. The van der Waals surface area contributed by atoms with Gasteiger partial charge in [0, 0.05) is 25.2 Å². The zero-order valence-corrected chi connectivity index (χ0v) is 15.3. The molecule has 1 spiro atoms. The lowest BCUT2D eigenvalue weighted by atomic mass is 9.78. The Morgan fingerprint density at radius 3 is 2.85 bits per heavy atom. The molecule has 1 aromatic carbocycles. The van der Waals surface area contributed by atoms with E-state index in [9.17, 15) is 4.79 Å². The molecular formula is C19H21N3O3S. The Balaban J connectivity index is 1.30. The van der Waals surface area contributed by atoms with Crippen molar-refractivity contribution < 1.29 is 14.3 Å². The van der Waals surface area contributed by atoms with E-state index in [0.29, 0.717) is 10.3 Å². The highest BCUT2D eigenvalue weighted by atomic mass is 32.1. The quantitative estimate of drug-likeness (QED) is 0.879. The minimum atomic E-state index is 0.107. The van der Waals surface area contributed by atoms with Crippen LogP contribution in [0, 0.1) is 5.41 Å². The van der Waals surface area contributed by atoms with Gasteiger partial charge in [0.2, 0.25) is 6.79 Å². The Hall–Kier alpha value is -2.12. The lowest BCUT2D eigenvalue weighted by molar-refractivity contribution is 0.0612. The summed E-state index contributed by atoms with van der Waals surface area (Å²) in [5.74, 6) is 1.60. The van der Waals surface area contributed by atoms with Gasteiger partial charge in [-0.05, 0) is 49.4 Å². The van der Waals surface area contributed by atoms with Gasteiger partial charge in [-0.25, -0.2) is 4.98 Å². The second-order valence-electron chi connectivity index (χ2n) is 7.32. The molecule has 0 unspecified atom stereocenters. The second kappa shape index (κ2) is 6.25. The average molecular weight is 371 g/mol. The Morgan fingerprint density at radius 2 is 2.04 bits per heavy atom. The fourth-order valence-electron chi connectivity index (χ4n) is 4.10. The van der Waals surface area contributed by atoms with Crippen LogP contribution >= 0.6 is 11.3 Å². The molecule has 1 N–H and O–H groups in total. The minimum Gasteiger partial charge on any atom is -0.454 e. The molecule has 0 atom stereocenters. The molecule has 3 aliphatic heterocycles. The van der Waals surface area contributed by atoms with Gasteiger partial charge >= 0.3 is 0 Å². The van der Waals surface area contributed by atoms with Crippen molar-refractivity contribution >= 4 is 17.2 Å². The summed E-state index contributed by atoms with van der Waals surface area (Å²) >= 11 is 1.45. The summed E-state index contributed by atoms with van der Waals surface area (Å²) in [5, 5.41) is 4.30. The zero-order chi connectivity index (χ0) is 17.6. The number of nitrogens with zero attached hydrogens (tertiary/aromatic N) is 2. The van der Waals surface area contributed by atoms with E-state index in [1.807, 2.05) is 23.1 Å². The first-order valence-corrected chi connectivity index (χ1v) is 9.90. The third-order valence-electron chi connectivity index (χ3n) is 5.78. The summed E-state index contributed by atoms with van der Waals surface area (Å²) < 4.78 is 10.8. The van der Waals surface area contributed by atoms with Crippen LogP contribution in [0.4, 0.5) is 0 Å². The van der Waals surface area contributed by atoms with Gasteiger partial charge in [0.05, 0.1) is 6.20 Å². The number of thiazole rings is 1. The van der Waals surface area contributed by atoms with Crippen LogP contribution in [0.15, 0.2) is 24.4 Å². The Labute approximate surface area is 156 Å². The number of amides is 1. The van der Waals surface area contributed by atoms with Crippen molar-refractivity contribution in [2.45, 2.75) is 19.3 Å². The van der Waals surface area contributed by atoms with Crippen LogP contribution in [-0.4, -0.2) is 48.8 Å². The fourth-order valence-corrected chi connectivity index (χ4v) is 4.98. The summed E-state index contributed by atoms with van der Waals surface area (Å²) in [6.45, 7) is 4.16. The maximum absolute atomic E-state index is 12.9. The largest absolute Gasteiger partial charge is 0.454 e. The minimum absolute atomic E-state index is 0.107. The van der Waals surface area contributed by atoms with Crippen LogP contribution in [0.1, 0.15) is 28.9 Å². The summed E-state index contributed by atoms with van der Waals surface area (Å²) in [6, 6.07) is 5.77. The molecule has 3 aliphatic rings. The van der Waals surface area contributed by atoms with Gasteiger partial charge in [-0.1, -0.05) is 0 Å². The molecule has 0 radical (unpaired) electrons. The van der Waals surface area contributed by atoms with Gasteiger partial charge in [-0.2, -0.15) is 0 Å². The number of nitrogens with one attached hydrogen (secondary N) is 1. The van der Waals surface area contributed by atoms with Gasteiger partial charge in [0.1, 0.15) is 9.88 Å². The third-order valence-corrected chi connectivity index (χ3v) is 6.81. The van der Waals surface area contributed by atoms with E-state index < -0.39 is 0 Å². The third kappa shape index (κ3) is 2.75. The molecule has 6 nitrogen and oxygen atoms in total. The van der Waals surface area contributed by atoms with E-state index in [0.717, 1.165) is 61.1 Å². The van der Waals surface area contributed by atoms with Crippen molar-refractivity contribution in [3.8, 4) is 22.1 Å². The zero-order valence-electron chi connectivity index (χ0n) is 14.5. The number of fused-ring (bicyclic) bond motifs is 1. The van der Waals surface area contributed by atoms with Gasteiger partial charge in [0.25, 0.3) is 5.91 Å². The smallest absolute Gasteiger partial charge is 0.265 e. The monoisotopic (exact) mass is 371 g/mol. The van der Waals surface area contributed by atoms with Gasteiger partial charge in [-0.3, -0.25) is 4.79 Å². The maximum Gasteiger partial charge on any atom is 0.265 e. The van der Waals surface area contributed by atoms with E-state index in [1.165, 1.54) is 17.8 Å². The lowest BCUT2D eigenvalue weighted by Crippen LogP contribution is -2.43. The van der Waals surface area contributed by atoms with E-state index in [4.69, 9.17) is 9.47 Å². The molecule has 0 aliphatic carbocycles. The molecule has 2 fully saturated rings. The Bertz CT molecular complexity index is 834. The molecule has 4 heterocycles. The molecule has 2 saturated heterocycles. The van der Waals surface area contributed by atoms with Crippen LogP contribution in [0.25, 0.3) is 10.6 Å². The van der Waals surface area contributed by atoms with Crippen molar-refractivity contribution in [3.05, 3.63) is 29.3 Å². The molecule has 7 heteroatoms. The predicted molar refractivity (Wildman–Crippen MR) is 98.7 cm³/mol. The Morgan fingerprint density at radius 1 is 1.19 bits per heavy atom. The van der Waals surface area contributed by atoms with Gasteiger partial charge in [0.15, 0.2) is 11.5 Å². The van der Waals surface area contributed by atoms with Crippen LogP contribution < -0.4 is 14.8 Å². The highest BCUT2D eigenvalue weighted by Gasteiger charge is 2.38. The van der Waals surface area contributed by atoms with Gasteiger partial charge < -0.3 is 19.7 Å². The molecule has 0 bridgehead atoms. The number of rotatable bonds is 2. The lowest BCUT2D eigenvalue weighted by Gasteiger charge is -2.38. The maximum atomic E-state index is 12.9. The first kappa shape index (κ1) is 16.1. The van der Waals surface area contributed by atoms with Crippen LogP contribution in [0.5, 0.6) is 11.5 Å².